The maximum atomic E-state index is 9.35. The summed E-state index contributed by atoms with van der Waals surface area (Å²) in [6.45, 7) is 6.11. The first-order valence-corrected chi connectivity index (χ1v) is 5.96. The monoisotopic (exact) mass is 233 g/mol. The highest BCUT2D eigenvalue weighted by molar-refractivity contribution is 5.14. The average Bonchev–Trinajstić information content (AvgIpc) is 2.40. The van der Waals surface area contributed by atoms with Gasteiger partial charge < -0.3 is 9.84 Å². The number of benzene rings is 1. The number of aliphatic hydroxyl groups is 1. The van der Waals surface area contributed by atoms with Crippen LogP contribution in [0, 0.1) is 0 Å². The standard InChI is InChI=1S/C14H19NO2/c1-2-14-9-15(13(10-16)11-17-14)8-12-6-4-3-5-7-12/h2-7,13-14,16H,1,8-11H2/t13-,14-/m0/s1. The summed E-state index contributed by atoms with van der Waals surface area (Å²) in [7, 11) is 0. The van der Waals surface area contributed by atoms with E-state index in [4.69, 9.17) is 4.74 Å². The van der Waals surface area contributed by atoms with Crippen LogP contribution in [0.1, 0.15) is 5.56 Å². The molecule has 0 radical (unpaired) electrons. The second-order valence-electron chi connectivity index (χ2n) is 4.36. The number of aliphatic hydroxyl groups excluding tert-OH is 1. The molecule has 2 rings (SSSR count). The van der Waals surface area contributed by atoms with E-state index in [2.05, 4.69) is 23.6 Å². The molecule has 2 atom stereocenters. The zero-order valence-electron chi connectivity index (χ0n) is 9.96. The zero-order chi connectivity index (χ0) is 12.1. The van der Waals surface area contributed by atoms with Gasteiger partial charge in [-0.2, -0.15) is 0 Å². The lowest BCUT2D eigenvalue weighted by Crippen LogP contribution is -2.50. The third-order valence-electron chi connectivity index (χ3n) is 3.14. The van der Waals surface area contributed by atoms with Crippen LogP contribution in [0.5, 0.6) is 0 Å². The maximum Gasteiger partial charge on any atom is 0.0881 e. The quantitative estimate of drug-likeness (QED) is 0.799. The molecule has 0 spiro atoms. The lowest BCUT2D eigenvalue weighted by Gasteiger charge is -2.37. The summed E-state index contributed by atoms with van der Waals surface area (Å²) in [4.78, 5) is 2.26. The Hall–Kier alpha value is -1.16. The predicted octanol–water partition coefficient (Wildman–Crippen LogP) is 1.43. The molecule has 17 heavy (non-hydrogen) atoms. The molecule has 0 aliphatic carbocycles. The van der Waals surface area contributed by atoms with Crippen LogP contribution < -0.4 is 0 Å². The van der Waals surface area contributed by atoms with Crippen LogP contribution in [-0.2, 0) is 11.3 Å². The van der Waals surface area contributed by atoms with Gasteiger partial charge in [0, 0.05) is 13.1 Å². The van der Waals surface area contributed by atoms with E-state index < -0.39 is 0 Å². The number of morpholine rings is 1. The van der Waals surface area contributed by atoms with Gasteiger partial charge in [0.05, 0.1) is 25.4 Å². The Kier molecular flexibility index (Phi) is 4.31. The molecule has 1 aromatic rings. The Balaban J connectivity index is 2.03. The molecule has 0 bridgehead atoms. The van der Waals surface area contributed by atoms with Crippen molar-refractivity contribution >= 4 is 0 Å². The van der Waals surface area contributed by atoms with Crippen molar-refractivity contribution in [3.8, 4) is 0 Å². The molecule has 1 aliphatic heterocycles. The van der Waals surface area contributed by atoms with Crippen molar-refractivity contribution in [2.45, 2.75) is 18.7 Å². The summed E-state index contributed by atoms with van der Waals surface area (Å²) in [5.41, 5.74) is 1.26. The first-order valence-electron chi connectivity index (χ1n) is 5.96. The maximum absolute atomic E-state index is 9.35. The summed E-state index contributed by atoms with van der Waals surface area (Å²) in [5.74, 6) is 0. The van der Waals surface area contributed by atoms with Crippen molar-refractivity contribution in [2.75, 3.05) is 19.8 Å². The Morgan fingerprint density at radius 1 is 1.41 bits per heavy atom. The molecule has 0 saturated carbocycles. The fourth-order valence-corrected chi connectivity index (χ4v) is 2.10. The van der Waals surface area contributed by atoms with Crippen LogP contribution in [0.15, 0.2) is 43.0 Å². The largest absolute Gasteiger partial charge is 0.395 e. The first kappa shape index (κ1) is 12.3. The van der Waals surface area contributed by atoms with E-state index in [1.807, 2.05) is 24.3 Å². The Morgan fingerprint density at radius 2 is 2.18 bits per heavy atom. The molecule has 3 heteroatoms. The van der Waals surface area contributed by atoms with Gasteiger partial charge in [0.1, 0.15) is 0 Å². The molecule has 0 amide bonds. The number of hydrogen-bond donors (Lipinski definition) is 1. The molecule has 1 heterocycles. The molecule has 1 N–H and O–H groups in total. The van der Waals surface area contributed by atoms with Crippen LogP contribution in [0.25, 0.3) is 0 Å². The van der Waals surface area contributed by atoms with E-state index in [1.165, 1.54) is 5.56 Å². The molecule has 0 aromatic heterocycles. The van der Waals surface area contributed by atoms with Crippen molar-refractivity contribution in [2.24, 2.45) is 0 Å². The smallest absolute Gasteiger partial charge is 0.0881 e. The lowest BCUT2D eigenvalue weighted by molar-refractivity contribution is -0.0610. The minimum Gasteiger partial charge on any atom is -0.395 e. The fourth-order valence-electron chi connectivity index (χ4n) is 2.10. The second kappa shape index (κ2) is 5.96. The van der Waals surface area contributed by atoms with Gasteiger partial charge in [0.25, 0.3) is 0 Å². The van der Waals surface area contributed by atoms with Gasteiger partial charge in [-0.1, -0.05) is 36.4 Å². The van der Waals surface area contributed by atoms with E-state index >= 15 is 0 Å². The topological polar surface area (TPSA) is 32.7 Å². The summed E-state index contributed by atoms with van der Waals surface area (Å²) >= 11 is 0. The van der Waals surface area contributed by atoms with Gasteiger partial charge in [-0.3, -0.25) is 4.90 Å². The molecule has 1 aromatic carbocycles. The fraction of sp³-hybridized carbons (Fsp3) is 0.429. The van der Waals surface area contributed by atoms with Crippen LogP contribution in [0.4, 0.5) is 0 Å². The van der Waals surface area contributed by atoms with Crippen molar-refractivity contribution in [3.05, 3.63) is 48.6 Å². The van der Waals surface area contributed by atoms with Crippen LogP contribution in [0.2, 0.25) is 0 Å². The zero-order valence-corrected chi connectivity index (χ0v) is 9.96. The van der Waals surface area contributed by atoms with E-state index in [9.17, 15) is 5.11 Å². The van der Waals surface area contributed by atoms with Gasteiger partial charge in [-0.15, -0.1) is 6.58 Å². The Morgan fingerprint density at radius 3 is 2.82 bits per heavy atom. The molecular formula is C14H19NO2. The van der Waals surface area contributed by atoms with Crippen LogP contribution in [-0.4, -0.2) is 41.9 Å². The third kappa shape index (κ3) is 3.16. The average molecular weight is 233 g/mol. The summed E-state index contributed by atoms with van der Waals surface area (Å²) in [5, 5.41) is 9.35. The molecular weight excluding hydrogens is 214 g/mol. The third-order valence-corrected chi connectivity index (χ3v) is 3.14. The Labute approximate surface area is 102 Å². The van der Waals surface area contributed by atoms with Gasteiger partial charge in [-0.25, -0.2) is 0 Å². The highest BCUT2D eigenvalue weighted by atomic mass is 16.5. The van der Waals surface area contributed by atoms with Crippen molar-refractivity contribution in [1.29, 1.82) is 0 Å². The van der Waals surface area contributed by atoms with E-state index in [0.29, 0.717) is 6.61 Å². The molecule has 0 unspecified atom stereocenters. The Bertz CT molecular complexity index is 352. The number of ether oxygens (including phenoxy) is 1. The lowest BCUT2D eigenvalue weighted by atomic mass is 10.1. The van der Waals surface area contributed by atoms with E-state index in [1.54, 1.807) is 0 Å². The molecule has 1 fully saturated rings. The number of hydrogen-bond acceptors (Lipinski definition) is 3. The number of rotatable bonds is 4. The van der Waals surface area contributed by atoms with Gasteiger partial charge in [0.2, 0.25) is 0 Å². The van der Waals surface area contributed by atoms with Gasteiger partial charge in [-0.05, 0) is 5.56 Å². The molecule has 92 valence electrons. The van der Waals surface area contributed by atoms with Crippen molar-refractivity contribution in [1.82, 2.24) is 4.90 Å². The van der Waals surface area contributed by atoms with Crippen LogP contribution >= 0.6 is 0 Å². The normalized spacial score (nSPS) is 25.7. The highest BCUT2D eigenvalue weighted by Crippen LogP contribution is 2.15. The second-order valence-corrected chi connectivity index (χ2v) is 4.36. The summed E-state index contributed by atoms with van der Waals surface area (Å²) < 4.78 is 5.58. The highest BCUT2D eigenvalue weighted by Gasteiger charge is 2.26. The summed E-state index contributed by atoms with van der Waals surface area (Å²) in [6.07, 6.45) is 1.90. The van der Waals surface area contributed by atoms with Crippen LogP contribution in [0.3, 0.4) is 0 Å². The minimum atomic E-state index is 0.0708. The number of nitrogens with zero attached hydrogens (tertiary/aromatic N) is 1. The minimum absolute atomic E-state index is 0.0708. The molecule has 1 aliphatic rings. The van der Waals surface area contributed by atoms with Gasteiger partial charge >= 0.3 is 0 Å². The van der Waals surface area contributed by atoms with Crippen molar-refractivity contribution < 1.29 is 9.84 Å². The van der Waals surface area contributed by atoms with E-state index in [-0.39, 0.29) is 18.8 Å². The first-order chi connectivity index (χ1) is 8.33. The SMILES string of the molecule is C=C[C@H]1CN(Cc2ccccc2)[C@@H](CO)CO1. The molecule has 1 saturated heterocycles. The predicted molar refractivity (Wildman–Crippen MR) is 67.7 cm³/mol. The molecule has 3 nitrogen and oxygen atoms in total. The summed E-state index contributed by atoms with van der Waals surface area (Å²) in [6, 6.07) is 10.4. The van der Waals surface area contributed by atoms with Gasteiger partial charge in [0.15, 0.2) is 0 Å². The van der Waals surface area contributed by atoms with Crippen molar-refractivity contribution in [3.63, 3.8) is 0 Å². The van der Waals surface area contributed by atoms with E-state index in [0.717, 1.165) is 13.1 Å².